The number of aryl methyl sites for hydroxylation is 1. The maximum Gasteiger partial charge on any atom is 0.152 e. The Balaban J connectivity index is 3.09. The van der Waals surface area contributed by atoms with Crippen molar-refractivity contribution >= 4 is 12.4 Å². The van der Waals surface area contributed by atoms with Gasteiger partial charge in [0.1, 0.15) is 5.69 Å². The van der Waals surface area contributed by atoms with Gasteiger partial charge in [-0.05, 0) is 19.2 Å². The van der Waals surface area contributed by atoms with Crippen LogP contribution in [-0.4, -0.2) is 11.7 Å². The van der Waals surface area contributed by atoms with Crippen molar-refractivity contribution in [1.29, 1.82) is 0 Å². The highest BCUT2D eigenvalue weighted by molar-refractivity contribution is 5.44. The molecule has 11 heavy (non-hydrogen) atoms. The number of hydrogen-bond acceptors (Lipinski definition) is 2. The topological polar surface area (TPSA) is 25.2 Å². The lowest BCUT2D eigenvalue weighted by molar-refractivity contribution is 0.625. The van der Waals surface area contributed by atoms with E-state index >= 15 is 0 Å². The lowest BCUT2D eigenvalue weighted by Gasteiger charge is -1.97. The van der Waals surface area contributed by atoms with Gasteiger partial charge in [0.2, 0.25) is 0 Å². The van der Waals surface area contributed by atoms with Crippen molar-refractivity contribution in [3.05, 3.63) is 23.8 Å². The van der Waals surface area contributed by atoms with Gasteiger partial charge >= 0.3 is 0 Å². The van der Waals surface area contributed by atoms with Gasteiger partial charge in [0, 0.05) is 5.69 Å². The SMILES string of the molecule is C=Nc1cnc(CC)cc1F. The van der Waals surface area contributed by atoms with Crippen LogP contribution in [0.1, 0.15) is 12.6 Å². The molecule has 0 amide bonds. The Morgan fingerprint density at radius 2 is 2.45 bits per heavy atom. The molecule has 0 bridgehead atoms. The van der Waals surface area contributed by atoms with E-state index in [0.29, 0.717) is 0 Å². The summed E-state index contributed by atoms with van der Waals surface area (Å²) in [7, 11) is 0. The molecule has 0 saturated heterocycles. The molecule has 0 spiro atoms. The van der Waals surface area contributed by atoms with Gasteiger partial charge in [0.25, 0.3) is 0 Å². The van der Waals surface area contributed by atoms with E-state index in [0.717, 1.165) is 12.1 Å². The van der Waals surface area contributed by atoms with Crippen molar-refractivity contribution in [1.82, 2.24) is 4.98 Å². The molecule has 0 aliphatic carbocycles. The molecule has 0 unspecified atom stereocenters. The predicted octanol–water partition coefficient (Wildman–Crippen LogP) is 2.12. The second-order valence-electron chi connectivity index (χ2n) is 2.14. The van der Waals surface area contributed by atoms with Crippen LogP contribution in [0.2, 0.25) is 0 Å². The molecular weight excluding hydrogens is 143 g/mol. The maximum absolute atomic E-state index is 12.9. The van der Waals surface area contributed by atoms with E-state index in [2.05, 4.69) is 16.7 Å². The van der Waals surface area contributed by atoms with Crippen molar-refractivity contribution in [3.8, 4) is 0 Å². The average molecular weight is 152 g/mol. The molecule has 0 saturated carbocycles. The standard InChI is InChI=1S/C8H9FN2/c1-3-6-4-7(9)8(10-2)5-11-6/h4-5H,2-3H2,1H3. The molecule has 0 radical (unpaired) electrons. The Morgan fingerprint density at radius 1 is 1.73 bits per heavy atom. The lowest BCUT2D eigenvalue weighted by Crippen LogP contribution is -1.87. The van der Waals surface area contributed by atoms with E-state index in [1.807, 2.05) is 6.92 Å². The Kier molecular flexibility index (Phi) is 2.31. The number of aliphatic imine (C=N–C) groups is 1. The van der Waals surface area contributed by atoms with Crippen LogP contribution < -0.4 is 0 Å². The average Bonchev–Trinajstić information content (AvgIpc) is 2.04. The van der Waals surface area contributed by atoms with Gasteiger partial charge in [-0.3, -0.25) is 9.98 Å². The molecule has 0 aromatic carbocycles. The summed E-state index contributed by atoms with van der Waals surface area (Å²) in [5, 5.41) is 0. The maximum atomic E-state index is 12.9. The number of nitrogens with zero attached hydrogens (tertiary/aromatic N) is 2. The minimum absolute atomic E-state index is 0.210. The quantitative estimate of drug-likeness (QED) is 0.596. The highest BCUT2D eigenvalue weighted by atomic mass is 19.1. The molecule has 1 heterocycles. The van der Waals surface area contributed by atoms with Gasteiger partial charge < -0.3 is 0 Å². The van der Waals surface area contributed by atoms with Crippen molar-refractivity contribution in [2.24, 2.45) is 4.99 Å². The number of halogens is 1. The molecular formula is C8H9FN2. The molecule has 2 nitrogen and oxygen atoms in total. The van der Waals surface area contributed by atoms with E-state index in [1.54, 1.807) is 0 Å². The summed E-state index contributed by atoms with van der Waals surface area (Å²) < 4.78 is 12.9. The first-order valence-electron chi connectivity index (χ1n) is 3.39. The van der Waals surface area contributed by atoms with Crippen LogP contribution in [-0.2, 0) is 6.42 Å². The van der Waals surface area contributed by atoms with Gasteiger partial charge in [-0.1, -0.05) is 6.92 Å². The molecule has 1 aromatic heterocycles. The summed E-state index contributed by atoms with van der Waals surface area (Å²) in [5.74, 6) is -0.355. The first-order valence-corrected chi connectivity index (χ1v) is 3.39. The Labute approximate surface area is 64.8 Å². The van der Waals surface area contributed by atoms with Crippen LogP contribution in [0.25, 0.3) is 0 Å². The third-order valence-electron chi connectivity index (χ3n) is 1.42. The second-order valence-corrected chi connectivity index (χ2v) is 2.14. The lowest BCUT2D eigenvalue weighted by atomic mass is 10.3. The smallest absolute Gasteiger partial charge is 0.152 e. The van der Waals surface area contributed by atoms with Crippen LogP contribution in [0.4, 0.5) is 10.1 Å². The zero-order valence-electron chi connectivity index (χ0n) is 6.34. The van der Waals surface area contributed by atoms with Crippen LogP contribution in [0.15, 0.2) is 17.3 Å². The summed E-state index contributed by atoms with van der Waals surface area (Å²) >= 11 is 0. The number of pyridine rings is 1. The van der Waals surface area contributed by atoms with Crippen molar-refractivity contribution in [2.45, 2.75) is 13.3 Å². The van der Waals surface area contributed by atoms with E-state index in [9.17, 15) is 4.39 Å². The third-order valence-corrected chi connectivity index (χ3v) is 1.42. The van der Waals surface area contributed by atoms with Crippen molar-refractivity contribution < 1.29 is 4.39 Å². The zero-order valence-corrected chi connectivity index (χ0v) is 6.34. The minimum atomic E-state index is -0.355. The van der Waals surface area contributed by atoms with Gasteiger partial charge in [0.05, 0.1) is 6.20 Å². The van der Waals surface area contributed by atoms with E-state index < -0.39 is 0 Å². The molecule has 3 heteroatoms. The highest BCUT2D eigenvalue weighted by Crippen LogP contribution is 2.15. The van der Waals surface area contributed by atoms with Crippen LogP contribution >= 0.6 is 0 Å². The number of rotatable bonds is 2. The fraction of sp³-hybridized carbons (Fsp3) is 0.250. The van der Waals surface area contributed by atoms with E-state index in [4.69, 9.17) is 0 Å². The van der Waals surface area contributed by atoms with Crippen LogP contribution in [0.3, 0.4) is 0 Å². The molecule has 0 fully saturated rings. The third kappa shape index (κ3) is 1.61. The fourth-order valence-electron chi connectivity index (χ4n) is 0.773. The predicted molar refractivity (Wildman–Crippen MR) is 42.8 cm³/mol. The molecule has 0 atom stereocenters. The van der Waals surface area contributed by atoms with Gasteiger partial charge in [-0.15, -0.1) is 0 Å². The second kappa shape index (κ2) is 3.23. The molecule has 58 valence electrons. The van der Waals surface area contributed by atoms with Gasteiger partial charge in [-0.25, -0.2) is 4.39 Å². The minimum Gasteiger partial charge on any atom is -0.260 e. The molecule has 0 N–H and O–H groups in total. The number of aromatic nitrogens is 1. The summed E-state index contributed by atoms with van der Waals surface area (Å²) in [6.45, 7) is 5.14. The van der Waals surface area contributed by atoms with Crippen molar-refractivity contribution in [2.75, 3.05) is 0 Å². The van der Waals surface area contributed by atoms with E-state index in [1.165, 1.54) is 12.3 Å². The molecule has 1 aromatic rings. The zero-order chi connectivity index (χ0) is 8.27. The Morgan fingerprint density at radius 3 is 2.91 bits per heavy atom. The van der Waals surface area contributed by atoms with E-state index in [-0.39, 0.29) is 11.5 Å². The molecule has 0 aliphatic heterocycles. The summed E-state index contributed by atoms with van der Waals surface area (Å²) in [5.41, 5.74) is 0.942. The number of hydrogen-bond donors (Lipinski definition) is 0. The fourth-order valence-corrected chi connectivity index (χ4v) is 0.773. The van der Waals surface area contributed by atoms with Crippen molar-refractivity contribution in [3.63, 3.8) is 0 Å². The first kappa shape index (κ1) is 7.85. The Bertz CT molecular complexity index is 271. The van der Waals surface area contributed by atoms with Gasteiger partial charge in [-0.2, -0.15) is 0 Å². The van der Waals surface area contributed by atoms with Crippen LogP contribution in [0, 0.1) is 5.82 Å². The monoisotopic (exact) mass is 152 g/mol. The summed E-state index contributed by atoms with van der Waals surface area (Å²) in [6, 6.07) is 1.38. The van der Waals surface area contributed by atoms with Crippen LogP contribution in [0.5, 0.6) is 0 Å². The Hall–Kier alpha value is -1.25. The summed E-state index contributed by atoms with van der Waals surface area (Å²) in [4.78, 5) is 7.41. The largest absolute Gasteiger partial charge is 0.260 e. The highest BCUT2D eigenvalue weighted by Gasteiger charge is 2.00. The molecule has 0 aliphatic rings. The normalized spacial score (nSPS) is 9.64. The first-order chi connectivity index (χ1) is 5.27. The summed E-state index contributed by atoms with van der Waals surface area (Å²) in [6.07, 6.45) is 2.12. The molecule has 1 rings (SSSR count). The van der Waals surface area contributed by atoms with Gasteiger partial charge in [0.15, 0.2) is 5.82 Å².